The molecule has 3 nitrogen and oxygen atoms in total. The Morgan fingerprint density at radius 1 is 1.20 bits per heavy atom. The van der Waals surface area contributed by atoms with E-state index in [0.717, 1.165) is 5.56 Å². The monoisotopic (exact) mass is 338 g/mol. The minimum absolute atomic E-state index is 0.0239. The molecule has 0 unspecified atom stereocenters. The van der Waals surface area contributed by atoms with Gasteiger partial charge in [-0.2, -0.15) is 0 Å². The van der Waals surface area contributed by atoms with E-state index in [-0.39, 0.29) is 12.4 Å². The third-order valence-corrected chi connectivity index (χ3v) is 3.60. The highest BCUT2D eigenvalue weighted by Crippen LogP contribution is 2.30. The van der Waals surface area contributed by atoms with Gasteiger partial charge >= 0.3 is 0 Å². The van der Waals surface area contributed by atoms with E-state index < -0.39 is 0 Å². The molecule has 2 rings (SSSR count). The molecule has 0 aliphatic carbocycles. The molecule has 20 heavy (non-hydrogen) atoms. The van der Waals surface area contributed by atoms with E-state index >= 15 is 0 Å². The summed E-state index contributed by atoms with van der Waals surface area (Å²) >= 11 is 3.11. The zero-order valence-electron chi connectivity index (χ0n) is 10.9. The van der Waals surface area contributed by atoms with Crippen molar-refractivity contribution in [3.63, 3.8) is 0 Å². The number of halogens is 2. The minimum atomic E-state index is -0.370. The Morgan fingerprint density at radius 2 is 1.90 bits per heavy atom. The molecule has 0 saturated carbocycles. The summed E-state index contributed by atoms with van der Waals surface area (Å²) in [6.07, 6.45) is 0. The molecule has 106 valence electrons. The van der Waals surface area contributed by atoms with Crippen molar-refractivity contribution < 1.29 is 9.50 Å². The molecule has 2 aromatic rings. The number of nitrogen functional groups attached to an aromatic ring is 1. The van der Waals surface area contributed by atoms with Crippen molar-refractivity contribution in [2.45, 2.75) is 6.54 Å². The van der Waals surface area contributed by atoms with Gasteiger partial charge < -0.3 is 15.7 Å². The minimum Gasteiger partial charge on any atom is -0.397 e. The SMILES string of the molecule is Nc1cc(Br)c(F)cc1N(CCO)Cc1ccccc1. The average molecular weight is 339 g/mol. The lowest BCUT2D eigenvalue weighted by Gasteiger charge is -2.25. The summed E-state index contributed by atoms with van der Waals surface area (Å²) in [5.41, 5.74) is 8.09. The van der Waals surface area contributed by atoms with Gasteiger partial charge in [0.15, 0.2) is 0 Å². The maximum Gasteiger partial charge on any atom is 0.139 e. The van der Waals surface area contributed by atoms with Crippen molar-refractivity contribution in [1.29, 1.82) is 0 Å². The molecular weight excluding hydrogens is 323 g/mol. The van der Waals surface area contributed by atoms with E-state index in [0.29, 0.717) is 28.9 Å². The number of nitrogens with two attached hydrogens (primary N) is 1. The van der Waals surface area contributed by atoms with Gasteiger partial charge in [-0.15, -0.1) is 0 Å². The van der Waals surface area contributed by atoms with Crippen LogP contribution < -0.4 is 10.6 Å². The summed E-state index contributed by atoms with van der Waals surface area (Å²) in [5, 5.41) is 9.21. The predicted octanol–water partition coefficient (Wildman–Crippen LogP) is 3.17. The number of benzene rings is 2. The molecular formula is C15H16BrFN2O. The number of hydrogen-bond acceptors (Lipinski definition) is 3. The van der Waals surface area contributed by atoms with E-state index in [1.165, 1.54) is 6.07 Å². The second-order valence-corrected chi connectivity index (χ2v) is 5.31. The lowest BCUT2D eigenvalue weighted by Crippen LogP contribution is -2.27. The lowest BCUT2D eigenvalue weighted by molar-refractivity contribution is 0.301. The van der Waals surface area contributed by atoms with E-state index in [2.05, 4.69) is 15.9 Å². The van der Waals surface area contributed by atoms with Crippen LogP contribution in [-0.4, -0.2) is 18.3 Å². The molecule has 0 spiro atoms. The summed E-state index contributed by atoms with van der Waals surface area (Å²) in [6, 6.07) is 12.7. The molecule has 0 atom stereocenters. The summed E-state index contributed by atoms with van der Waals surface area (Å²) in [5.74, 6) is -0.370. The van der Waals surface area contributed by atoms with Crippen molar-refractivity contribution in [2.75, 3.05) is 23.8 Å². The summed E-state index contributed by atoms with van der Waals surface area (Å²) in [4.78, 5) is 1.86. The van der Waals surface area contributed by atoms with Gasteiger partial charge in [-0.3, -0.25) is 0 Å². The highest BCUT2D eigenvalue weighted by Gasteiger charge is 2.13. The Labute approximate surface area is 126 Å². The first-order valence-electron chi connectivity index (χ1n) is 6.26. The highest BCUT2D eigenvalue weighted by molar-refractivity contribution is 9.10. The number of hydrogen-bond donors (Lipinski definition) is 2. The first-order chi connectivity index (χ1) is 9.61. The van der Waals surface area contributed by atoms with Gasteiger partial charge in [0.05, 0.1) is 22.5 Å². The molecule has 5 heteroatoms. The maximum absolute atomic E-state index is 13.7. The Balaban J connectivity index is 2.31. The van der Waals surface area contributed by atoms with Crippen molar-refractivity contribution >= 4 is 27.3 Å². The van der Waals surface area contributed by atoms with E-state index in [4.69, 9.17) is 5.73 Å². The number of rotatable bonds is 5. The first-order valence-corrected chi connectivity index (χ1v) is 7.05. The quantitative estimate of drug-likeness (QED) is 0.823. The first kappa shape index (κ1) is 14.8. The number of anilines is 2. The normalized spacial score (nSPS) is 10.6. The third-order valence-electron chi connectivity index (χ3n) is 3.00. The second-order valence-electron chi connectivity index (χ2n) is 4.46. The fraction of sp³-hybridized carbons (Fsp3) is 0.200. The van der Waals surface area contributed by atoms with Crippen LogP contribution in [0.4, 0.5) is 15.8 Å². The molecule has 2 aromatic carbocycles. The van der Waals surface area contributed by atoms with Gasteiger partial charge in [0.2, 0.25) is 0 Å². The number of aliphatic hydroxyl groups excluding tert-OH is 1. The van der Waals surface area contributed by atoms with E-state index in [1.807, 2.05) is 35.2 Å². The van der Waals surface area contributed by atoms with Crippen LogP contribution in [0.3, 0.4) is 0 Å². The Morgan fingerprint density at radius 3 is 2.55 bits per heavy atom. The Bertz CT molecular complexity index is 578. The molecule has 0 radical (unpaired) electrons. The van der Waals surface area contributed by atoms with Gasteiger partial charge in [-0.1, -0.05) is 30.3 Å². The van der Waals surface area contributed by atoms with Crippen LogP contribution in [0.2, 0.25) is 0 Å². The van der Waals surface area contributed by atoms with Crippen LogP contribution in [0.15, 0.2) is 46.9 Å². The van der Waals surface area contributed by atoms with Gasteiger partial charge in [-0.05, 0) is 27.6 Å². The van der Waals surface area contributed by atoms with Crippen molar-refractivity contribution in [3.8, 4) is 0 Å². The Hall–Kier alpha value is -1.59. The molecule has 0 heterocycles. The van der Waals surface area contributed by atoms with E-state index in [9.17, 15) is 9.50 Å². The van der Waals surface area contributed by atoms with Crippen LogP contribution >= 0.6 is 15.9 Å². The van der Waals surface area contributed by atoms with Gasteiger partial charge in [-0.25, -0.2) is 4.39 Å². The van der Waals surface area contributed by atoms with Gasteiger partial charge in [0.25, 0.3) is 0 Å². The number of aliphatic hydroxyl groups is 1. The topological polar surface area (TPSA) is 49.5 Å². The van der Waals surface area contributed by atoms with E-state index in [1.54, 1.807) is 6.07 Å². The Kier molecular flexibility index (Phi) is 4.98. The molecule has 0 aliphatic heterocycles. The largest absolute Gasteiger partial charge is 0.397 e. The summed E-state index contributed by atoms with van der Waals surface area (Å²) in [7, 11) is 0. The van der Waals surface area contributed by atoms with Crippen molar-refractivity contribution in [3.05, 3.63) is 58.3 Å². The molecule has 0 aliphatic rings. The predicted molar refractivity (Wildman–Crippen MR) is 83.1 cm³/mol. The molecule has 0 fully saturated rings. The number of nitrogens with zero attached hydrogens (tertiary/aromatic N) is 1. The van der Waals surface area contributed by atoms with Gasteiger partial charge in [0, 0.05) is 19.2 Å². The fourth-order valence-electron chi connectivity index (χ4n) is 2.03. The van der Waals surface area contributed by atoms with Crippen LogP contribution in [0.1, 0.15) is 5.56 Å². The van der Waals surface area contributed by atoms with Crippen molar-refractivity contribution in [2.24, 2.45) is 0 Å². The van der Waals surface area contributed by atoms with Crippen molar-refractivity contribution in [1.82, 2.24) is 0 Å². The van der Waals surface area contributed by atoms with Crippen LogP contribution in [0.25, 0.3) is 0 Å². The summed E-state index contributed by atoms with van der Waals surface area (Å²) < 4.78 is 14.0. The smallest absolute Gasteiger partial charge is 0.139 e. The maximum atomic E-state index is 13.7. The zero-order valence-corrected chi connectivity index (χ0v) is 12.5. The molecule has 0 saturated heterocycles. The standard InChI is InChI=1S/C15H16BrFN2O/c16-12-8-14(18)15(9-13(12)17)19(6-7-20)10-11-4-2-1-3-5-11/h1-5,8-9,20H,6-7,10,18H2. The molecule has 3 N–H and O–H groups in total. The lowest BCUT2D eigenvalue weighted by atomic mass is 10.2. The van der Waals surface area contributed by atoms with Crippen LogP contribution in [0, 0.1) is 5.82 Å². The van der Waals surface area contributed by atoms with Crippen LogP contribution in [0.5, 0.6) is 0 Å². The third kappa shape index (κ3) is 3.49. The highest BCUT2D eigenvalue weighted by atomic mass is 79.9. The molecule has 0 aromatic heterocycles. The summed E-state index contributed by atoms with van der Waals surface area (Å²) in [6.45, 7) is 0.927. The average Bonchev–Trinajstić information content (AvgIpc) is 2.44. The fourth-order valence-corrected chi connectivity index (χ4v) is 2.40. The molecule has 0 amide bonds. The van der Waals surface area contributed by atoms with Gasteiger partial charge in [0.1, 0.15) is 5.82 Å². The second kappa shape index (κ2) is 6.72. The molecule has 0 bridgehead atoms. The zero-order chi connectivity index (χ0) is 14.5. The van der Waals surface area contributed by atoms with Crippen LogP contribution in [-0.2, 0) is 6.54 Å².